The average molecular weight is 153 g/mol. The molecule has 1 fully saturated rings. The molecule has 0 unspecified atom stereocenters. The summed E-state index contributed by atoms with van der Waals surface area (Å²) in [5.41, 5.74) is 1.60. The fourth-order valence-electron chi connectivity index (χ4n) is 1.94. The van der Waals surface area contributed by atoms with Crippen molar-refractivity contribution in [2.24, 2.45) is 5.41 Å². The fraction of sp³-hybridized carbons (Fsp3) is 0.800. The summed E-state index contributed by atoms with van der Waals surface area (Å²) in [6.07, 6.45) is 6.78. The van der Waals surface area contributed by atoms with Gasteiger partial charge in [0.05, 0.1) is 0 Å². The highest BCUT2D eigenvalue weighted by Gasteiger charge is 2.28. The molecular weight excluding hydrogens is 134 g/mol. The molecule has 1 nitrogen and oxygen atoms in total. The van der Waals surface area contributed by atoms with Crippen molar-refractivity contribution >= 4 is 0 Å². The number of rotatable bonds is 2. The van der Waals surface area contributed by atoms with Crippen molar-refractivity contribution in [1.82, 2.24) is 5.32 Å². The van der Waals surface area contributed by atoms with Gasteiger partial charge in [-0.25, -0.2) is 0 Å². The zero-order valence-electron chi connectivity index (χ0n) is 7.74. The highest BCUT2D eigenvalue weighted by molar-refractivity contribution is 5.06. The molecule has 1 saturated carbocycles. The zero-order valence-corrected chi connectivity index (χ0v) is 7.74. The van der Waals surface area contributed by atoms with Crippen LogP contribution < -0.4 is 5.32 Å². The van der Waals surface area contributed by atoms with Crippen LogP contribution in [0.2, 0.25) is 0 Å². The molecule has 0 heterocycles. The topological polar surface area (TPSA) is 12.0 Å². The second kappa shape index (κ2) is 3.29. The van der Waals surface area contributed by atoms with Crippen LogP contribution in [0.5, 0.6) is 0 Å². The lowest BCUT2D eigenvalue weighted by molar-refractivity contribution is 0.257. The Hall–Kier alpha value is -0.460. The summed E-state index contributed by atoms with van der Waals surface area (Å²) in [5, 5.41) is 3.18. The minimum atomic E-state index is 0.382. The van der Waals surface area contributed by atoms with Gasteiger partial charge in [-0.2, -0.15) is 0 Å². The summed E-state index contributed by atoms with van der Waals surface area (Å²) in [6.45, 7) is 6.38. The molecule has 0 spiro atoms. The summed E-state index contributed by atoms with van der Waals surface area (Å²) >= 11 is 0. The molecule has 11 heavy (non-hydrogen) atoms. The van der Waals surface area contributed by atoms with Gasteiger partial charge in [-0.1, -0.05) is 32.8 Å². The average Bonchev–Trinajstić information content (AvgIpc) is 2.04. The summed E-state index contributed by atoms with van der Waals surface area (Å²) in [5.74, 6) is 0. The fourth-order valence-corrected chi connectivity index (χ4v) is 1.94. The van der Waals surface area contributed by atoms with E-state index in [0.29, 0.717) is 5.41 Å². The van der Waals surface area contributed by atoms with E-state index < -0.39 is 0 Å². The highest BCUT2D eigenvalue weighted by atomic mass is 14.8. The van der Waals surface area contributed by atoms with E-state index in [-0.39, 0.29) is 0 Å². The van der Waals surface area contributed by atoms with Crippen molar-refractivity contribution in [2.75, 3.05) is 7.05 Å². The SMILES string of the molecule is C=C(NC)C1(C)CCCCC1. The second-order valence-electron chi connectivity index (χ2n) is 3.85. The van der Waals surface area contributed by atoms with Crippen LogP contribution in [0.4, 0.5) is 0 Å². The van der Waals surface area contributed by atoms with E-state index >= 15 is 0 Å². The third-order valence-corrected chi connectivity index (χ3v) is 2.99. The lowest BCUT2D eigenvalue weighted by atomic mass is 9.74. The van der Waals surface area contributed by atoms with Crippen LogP contribution >= 0.6 is 0 Å². The van der Waals surface area contributed by atoms with Gasteiger partial charge in [0.2, 0.25) is 0 Å². The molecule has 0 aromatic carbocycles. The Bertz CT molecular complexity index is 143. The maximum Gasteiger partial charge on any atom is 0.00912 e. The van der Waals surface area contributed by atoms with E-state index in [1.165, 1.54) is 37.8 Å². The van der Waals surface area contributed by atoms with Crippen molar-refractivity contribution in [2.45, 2.75) is 39.0 Å². The molecule has 1 aliphatic rings. The van der Waals surface area contributed by atoms with E-state index in [2.05, 4.69) is 18.8 Å². The molecule has 1 N–H and O–H groups in total. The first kappa shape index (κ1) is 8.63. The first-order valence-electron chi connectivity index (χ1n) is 4.56. The molecule has 0 radical (unpaired) electrons. The molecule has 1 aliphatic carbocycles. The molecule has 0 amide bonds. The predicted molar refractivity (Wildman–Crippen MR) is 49.4 cm³/mol. The molecule has 1 rings (SSSR count). The Kier molecular flexibility index (Phi) is 2.58. The Morgan fingerprint density at radius 3 is 2.27 bits per heavy atom. The summed E-state index contributed by atoms with van der Waals surface area (Å²) < 4.78 is 0. The molecule has 0 saturated heterocycles. The van der Waals surface area contributed by atoms with Crippen LogP contribution in [-0.4, -0.2) is 7.05 Å². The van der Waals surface area contributed by atoms with E-state index in [9.17, 15) is 0 Å². The smallest absolute Gasteiger partial charge is 0.00912 e. The monoisotopic (exact) mass is 153 g/mol. The van der Waals surface area contributed by atoms with Crippen LogP contribution in [0.1, 0.15) is 39.0 Å². The standard InChI is InChI=1S/C10H19N/c1-9(11-3)10(2)7-5-4-6-8-10/h11H,1,4-8H2,2-3H3. The molecule has 0 aliphatic heterocycles. The normalized spacial score (nSPS) is 22.7. The summed E-state index contributed by atoms with van der Waals surface area (Å²) in [7, 11) is 1.97. The Morgan fingerprint density at radius 2 is 1.82 bits per heavy atom. The Labute approximate surface area is 69.9 Å². The van der Waals surface area contributed by atoms with Crippen LogP contribution in [-0.2, 0) is 0 Å². The van der Waals surface area contributed by atoms with Crippen LogP contribution in [0, 0.1) is 5.41 Å². The van der Waals surface area contributed by atoms with Crippen molar-refractivity contribution in [1.29, 1.82) is 0 Å². The van der Waals surface area contributed by atoms with Crippen molar-refractivity contribution < 1.29 is 0 Å². The van der Waals surface area contributed by atoms with E-state index in [1.54, 1.807) is 0 Å². The first-order valence-corrected chi connectivity index (χ1v) is 4.56. The first-order chi connectivity index (χ1) is 5.19. The van der Waals surface area contributed by atoms with Crippen LogP contribution in [0.25, 0.3) is 0 Å². The maximum atomic E-state index is 4.06. The van der Waals surface area contributed by atoms with Gasteiger partial charge in [-0.05, 0) is 12.8 Å². The molecule has 0 atom stereocenters. The number of hydrogen-bond donors (Lipinski definition) is 1. The Morgan fingerprint density at radius 1 is 1.27 bits per heavy atom. The van der Waals surface area contributed by atoms with Gasteiger partial charge in [0.15, 0.2) is 0 Å². The lowest BCUT2D eigenvalue weighted by Crippen LogP contribution is -2.28. The minimum Gasteiger partial charge on any atom is -0.391 e. The minimum absolute atomic E-state index is 0.382. The molecule has 0 bridgehead atoms. The van der Waals surface area contributed by atoms with Crippen molar-refractivity contribution in [3.05, 3.63) is 12.3 Å². The number of hydrogen-bond acceptors (Lipinski definition) is 1. The Balaban J connectivity index is 2.56. The summed E-state index contributed by atoms with van der Waals surface area (Å²) in [6, 6.07) is 0. The van der Waals surface area contributed by atoms with E-state index in [1.807, 2.05) is 7.05 Å². The summed E-state index contributed by atoms with van der Waals surface area (Å²) in [4.78, 5) is 0. The van der Waals surface area contributed by atoms with Gasteiger partial charge in [0.25, 0.3) is 0 Å². The zero-order chi connectivity index (χ0) is 8.32. The number of nitrogens with one attached hydrogen (secondary N) is 1. The van der Waals surface area contributed by atoms with Gasteiger partial charge < -0.3 is 5.32 Å². The van der Waals surface area contributed by atoms with Gasteiger partial charge in [-0.15, -0.1) is 0 Å². The molecule has 64 valence electrons. The van der Waals surface area contributed by atoms with Gasteiger partial charge in [-0.3, -0.25) is 0 Å². The van der Waals surface area contributed by atoms with E-state index in [4.69, 9.17) is 0 Å². The molecule has 1 heteroatoms. The highest BCUT2D eigenvalue weighted by Crippen LogP contribution is 2.39. The second-order valence-corrected chi connectivity index (χ2v) is 3.85. The predicted octanol–water partition coefficient (Wildman–Crippen LogP) is 2.69. The molecule has 0 aromatic heterocycles. The number of allylic oxidation sites excluding steroid dienone is 1. The largest absolute Gasteiger partial charge is 0.391 e. The van der Waals surface area contributed by atoms with E-state index in [0.717, 1.165) is 0 Å². The van der Waals surface area contributed by atoms with Crippen LogP contribution in [0.15, 0.2) is 12.3 Å². The molecule has 0 aromatic rings. The third kappa shape index (κ3) is 1.76. The van der Waals surface area contributed by atoms with Gasteiger partial charge in [0.1, 0.15) is 0 Å². The van der Waals surface area contributed by atoms with Crippen molar-refractivity contribution in [3.63, 3.8) is 0 Å². The quantitative estimate of drug-likeness (QED) is 0.643. The van der Waals surface area contributed by atoms with Crippen molar-refractivity contribution in [3.8, 4) is 0 Å². The van der Waals surface area contributed by atoms with Gasteiger partial charge >= 0.3 is 0 Å². The lowest BCUT2D eigenvalue weighted by Gasteiger charge is -2.35. The third-order valence-electron chi connectivity index (χ3n) is 2.99. The van der Waals surface area contributed by atoms with Crippen LogP contribution in [0.3, 0.4) is 0 Å². The maximum absolute atomic E-state index is 4.06. The van der Waals surface area contributed by atoms with Gasteiger partial charge in [0, 0.05) is 18.2 Å². The molecular formula is C10H19N.